The van der Waals surface area contributed by atoms with Gasteiger partial charge >= 0.3 is 5.69 Å². The van der Waals surface area contributed by atoms with E-state index >= 15 is 0 Å². The van der Waals surface area contributed by atoms with Crippen LogP contribution in [0.15, 0.2) is 45.2 Å². The first kappa shape index (κ1) is 15.5. The van der Waals surface area contributed by atoms with Gasteiger partial charge in [-0.05, 0) is 41.1 Å². The SMILES string of the molecule is N[CH]CC(Cn1nnn(-c2ccc(Br)cc2)c1=O)=C(F)F. The van der Waals surface area contributed by atoms with E-state index in [4.69, 9.17) is 5.73 Å². The standard InChI is InChI=1S/C12H11BrF2N5O/c13-9-1-3-10(4-2-9)20-12(21)19(17-18-20)7-8(5-6-16)11(14)15/h1-4,6H,5,7,16H2. The van der Waals surface area contributed by atoms with E-state index < -0.39 is 11.8 Å². The molecule has 0 fully saturated rings. The highest BCUT2D eigenvalue weighted by molar-refractivity contribution is 9.10. The van der Waals surface area contributed by atoms with Gasteiger partial charge in [-0.1, -0.05) is 15.9 Å². The Hall–Kier alpha value is -1.87. The fourth-order valence-electron chi connectivity index (χ4n) is 1.64. The van der Waals surface area contributed by atoms with Crippen LogP contribution < -0.4 is 11.4 Å². The van der Waals surface area contributed by atoms with Crippen LogP contribution in [0.1, 0.15) is 6.42 Å². The molecule has 0 amide bonds. The minimum Gasteiger partial charge on any atom is -0.326 e. The van der Waals surface area contributed by atoms with Crippen molar-refractivity contribution in [2.24, 2.45) is 5.73 Å². The summed E-state index contributed by atoms with van der Waals surface area (Å²) in [5.74, 6) is 0. The van der Waals surface area contributed by atoms with E-state index in [-0.39, 0.29) is 18.5 Å². The number of nitrogens with zero attached hydrogens (tertiary/aromatic N) is 4. The van der Waals surface area contributed by atoms with Gasteiger partial charge in [0.15, 0.2) is 0 Å². The normalized spacial score (nSPS) is 10.7. The molecule has 1 aromatic carbocycles. The van der Waals surface area contributed by atoms with Crippen molar-refractivity contribution < 1.29 is 8.78 Å². The Morgan fingerprint density at radius 3 is 2.52 bits per heavy atom. The molecule has 2 rings (SSSR count). The van der Waals surface area contributed by atoms with Gasteiger partial charge in [0.25, 0.3) is 6.08 Å². The molecule has 0 aliphatic rings. The molecule has 111 valence electrons. The van der Waals surface area contributed by atoms with E-state index in [1.54, 1.807) is 24.3 Å². The third-order valence-corrected chi connectivity index (χ3v) is 3.21. The predicted molar refractivity (Wildman–Crippen MR) is 75.7 cm³/mol. The van der Waals surface area contributed by atoms with E-state index in [2.05, 4.69) is 26.4 Å². The lowest BCUT2D eigenvalue weighted by molar-refractivity contribution is 0.398. The van der Waals surface area contributed by atoms with Crippen LogP contribution in [-0.4, -0.2) is 19.8 Å². The Kier molecular flexibility index (Phi) is 4.97. The highest BCUT2D eigenvalue weighted by Gasteiger charge is 2.13. The van der Waals surface area contributed by atoms with Gasteiger partial charge in [0.05, 0.1) is 12.2 Å². The maximum absolute atomic E-state index is 12.7. The van der Waals surface area contributed by atoms with Gasteiger partial charge in [-0.3, -0.25) is 0 Å². The summed E-state index contributed by atoms with van der Waals surface area (Å²) in [5, 5.41) is 7.28. The summed E-state index contributed by atoms with van der Waals surface area (Å²) >= 11 is 3.27. The Labute approximate surface area is 127 Å². The van der Waals surface area contributed by atoms with Crippen LogP contribution in [0.3, 0.4) is 0 Å². The monoisotopic (exact) mass is 358 g/mol. The van der Waals surface area contributed by atoms with Crippen molar-refractivity contribution in [3.05, 3.63) is 57.4 Å². The smallest absolute Gasteiger partial charge is 0.326 e. The third kappa shape index (κ3) is 3.61. The number of rotatable bonds is 5. The lowest BCUT2D eigenvalue weighted by atomic mass is 10.2. The maximum atomic E-state index is 12.7. The van der Waals surface area contributed by atoms with Crippen LogP contribution in [0.5, 0.6) is 0 Å². The molecule has 2 N–H and O–H groups in total. The van der Waals surface area contributed by atoms with Gasteiger partial charge in [0, 0.05) is 16.6 Å². The van der Waals surface area contributed by atoms with Crippen molar-refractivity contribution in [3.63, 3.8) is 0 Å². The van der Waals surface area contributed by atoms with Crippen molar-refractivity contribution in [1.29, 1.82) is 0 Å². The minimum atomic E-state index is -1.87. The van der Waals surface area contributed by atoms with Gasteiger partial charge < -0.3 is 5.73 Å². The molecule has 0 bridgehead atoms. The summed E-state index contributed by atoms with van der Waals surface area (Å²) in [6, 6.07) is 6.78. The number of halogens is 3. The zero-order chi connectivity index (χ0) is 15.4. The average Bonchev–Trinajstić information content (AvgIpc) is 2.81. The molecule has 9 heteroatoms. The molecule has 21 heavy (non-hydrogen) atoms. The van der Waals surface area contributed by atoms with Crippen molar-refractivity contribution in [2.75, 3.05) is 0 Å². The molecular formula is C12H11BrF2N5O. The van der Waals surface area contributed by atoms with Crippen LogP contribution in [-0.2, 0) is 6.54 Å². The van der Waals surface area contributed by atoms with Crippen molar-refractivity contribution >= 4 is 15.9 Å². The molecule has 6 nitrogen and oxygen atoms in total. The highest BCUT2D eigenvalue weighted by Crippen LogP contribution is 2.14. The van der Waals surface area contributed by atoms with Crippen molar-refractivity contribution in [1.82, 2.24) is 19.8 Å². The molecule has 0 aliphatic carbocycles. The summed E-state index contributed by atoms with van der Waals surface area (Å²) < 4.78 is 28.2. The summed E-state index contributed by atoms with van der Waals surface area (Å²) in [6.07, 6.45) is -2.00. The fourth-order valence-corrected chi connectivity index (χ4v) is 1.91. The molecule has 0 saturated carbocycles. The topological polar surface area (TPSA) is 78.7 Å². The first-order valence-electron chi connectivity index (χ1n) is 5.88. The second-order valence-electron chi connectivity index (χ2n) is 4.11. The molecule has 0 unspecified atom stereocenters. The quantitative estimate of drug-likeness (QED) is 0.884. The molecule has 0 saturated heterocycles. The zero-order valence-electron chi connectivity index (χ0n) is 10.7. The summed E-state index contributed by atoms with van der Waals surface area (Å²) in [6.45, 7) is 0.740. The Morgan fingerprint density at radius 2 is 1.95 bits per heavy atom. The van der Waals surface area contributed by atoms with Gasteiger partial charge in [0.1, 0.15) is 0 Å². The molecule has 0 aliphatic heterocycles. The molecule has 1 aromatic heterocycles. The second-order valence-corrected chi connectivity index (χ2v) is 5.03. The van der Waals surface area contributed by atoms with Gasteiger partial charge in [0.2, 0.25) is 0 Å². The number of benzene rings is 1. The first-order valence-corrected chi connectivity index (χ1v) is 6.67. The number of aromatic nitrogens is 4. The summed E-state index contributed by atoms with van der Waals surface area (Å²) in [5.41, 5.74) is 4.76. The van der Waals surface area contributed by atoms with Gasteiger partial charge in [-0.15, -0.1) is 0 Å². The molecule has 1 heterocycles. The minimum absolute atomic E-state index is 0.125. The number of hydrogen-bond donors (Lipinski definition) is 1. The lowest BCUT2D eigenvalue weighted by Gasteiger charge is -2.02. The largest absolute Gasteiger partial charge is 0.368 e. The molecule has 2 aromatic rings. The second kappa shape index (κ2) is 6.72. The lowest BCUT2D eigenvalue weighted by Crippen LogP contribution is -2.25. The van der Waals surface area contributed by atoms with E-state index in [0.29, 0.717) is 5.69 Å². The van der Waals surface area contributed by atoms with Gasteiger partial charge in [-0.2, -0.15) is 18.1 Å². The van der Waals surface area contributed by atoms with E-state index in [1.165, 1.54) is 0 Å². The molecule has 0 atom stereocenters. The Bertz CT molecular complexity index is 703. The zero-order valence-corrected chi connectivity index (χ0v) is 12.3. The predicted octanol–water partition coefficient (Wildman–Crippen LogP) is 1.85. The van der Waals surface area contributed by atoms with Gasteiger partial charge in [-0.25, -0.2) is 4.79 Å². The summed E-state index contributed by atoms with van der Waals surface area (Å²) in [7, 11) is 0. The third-order valence-electron chi connectivity index (χ3n) is 2.68. The average molecular weight is 359 g/mol. The molecular weight excluding hydrogens is 348 g/mol. The van der Waals surface area contributed by atoms with Crippen molar-refractivity contribution in [3.8, 4) is 5.69 Å². The van der Waals surface area contributed by atoms with E-state index in [9.17, 15) is 13.6 Å². The van der Waals surface area contributed by atoms with Crippen LogP contribution in [0.25, 0.3) is 5.69 Å². The van der Waals surface area contributed by atoms with Crippen LogP contribution in [0, 0.1) is 6.54 Å². The Morgan fingerprint density at radius 1 is 1.29 bits per heavy atom. The van der Waals surface area contributed by atoms with Crippen molar-refractivity contribution in [2.45, 2.75) is 13.0 Å². The van der Waals surface area contributed by atoms with E-state index in [0.717, 1.165) is 20.4 Å². The van der Waals surface area contributed by atoms with Crippen LogP contribution in [0.2, 0.25) is 0 Å². The van der Waals surface area contributed by atoms with Crippen LogP contribution >= 0.6 is 15.9 Å². The highest BCUT2D eigenvalue weighted by atomic mass is 79.9. The van der Waals surface area contributed by atoms with Crippen LogP contribution in [0.4, 0.5) is 8.78 Å². The number of tetrazole rings is 1. The molecule has 0 spiro atoms. The number of nitrogens with two attached hydrogens (primary N) is 1. The maximum Gasteiger partial charge on any atom is 0.368 e. The Balaban J connectivity index is 2.31. The van der Waals surface area contributed by atoms with E-state index in [1.807, 2.05) is 0 Å². The summed E-state index contributed by atoms with van der Waals surface area (Å²) in [4.78, 5) is 12.1. The first-order chi connectivity index (χ1) is 10.0. The fraction of sp³-hybridized carbons (Fsp3) is 0.167. The molecule has 1 radical (unpaired) electrons. The number of hydrogen-bond acceptors (Lipinski definition) is 4.